The van der Waals surface area contributed by atoms with Gasteiger partial charge in [0.25, 0.3) is 0 Å². The molecule has 2 N–H and O–H groups in total. The van der Waals surface area contributed by atoms with Crippen LogP contribution in [0.15, 0.2) is 0 Å². The van der Waals surface area contributed by atoms with Crippen molar-refractivity contribution in [2.75, 3.05) is 26.3 Å². The molecule has 1 atom stereocenters. The van der Waals surface area contributed by atoms with Gasteiger partial charge in [0.2, 0.25) is 0 Å². The molecule has 0 bridgehead atoms. The Morgan fingerprint density at radius 1 is 1.50 bits per heavy atom. The van der Waals surface area contributed by atoms with E-state index in [1.54, 1.807) is 0 Å². The van der Waals surface area contributed by atoms with Gasteiger partial charge in [0, 0.05) is 24.7 Å². The predicted octanol–water partition coefficient (Wildman–Crippen LogP) is 0.834. The van der Waals surface area contributed by atoms with Crippen molar-refractivity contribution in [3.8, 4) is 0 Å². The van der Waals surface area contributed by atoms with E-state index in [1.165, 1.54) is 12.8 Å². The van der Waals surface area contributed by atoms with E-state index in [9.17, 15) is 0 Å². The van der Waals surface area contributed by atoms with E-state index < -0.39 is 0 Å². The number of nitrogens with zero attached hydrogens (tertiary/aromatic N) is 1. The average Bonchev–Trinajstić information content (AvgIpc) is 2.91. The molecule has 3 nitrogen and oxygen atoms in total. The molecule has 2 fully saturated rings. The lowest BCUT2D eigenvalue weighted by Crippen LogP contribution is -2.56. The Balaban J connectivity index is 1.87. The van der Waals surface area contributed by atoms with Crippen LogP contribution in [0, 0.1) is 5.92 Å². The molecule has 2 aliphatic rings. The zero-order valence-corrected chi connectivity index (χ0v) is 9.33. The van der Waals surface area contributed by atoms with Gasteiger partial charge in [0.15, 0.2) is 0 Å². The maximum atomic E-state index is 6.15. The van der Waals surface area contributed by atoms with Crippen molar-refractivity contribution in [1.29, 1.82) is 0 Å². The molecule has 0 radical (unpaired) electrons. The fourth-order valence-corrected chi connectivity index (χ4v) is 2.16. The Morgan fingerprint density at radius 3 is 2.79 bits per heavy atom. The maximum Gasteiger partial charge on any atom is 0.0645 e. The fourth-order valence-electron chi connectivity index (χ4n) is 2.16. The smallest absolute Gasteiger partial charge is 0.0645 e. The number of morpholine rings is 1. The minimum absolute atomic E-state index is 0.171. The molecule has 1 heterocycles. The van der Waals surface area contributed by atoms with Crippen molar-refractivity contribution in [3.63, 3.8) is 0 Å². The van der Waals surface area contributed by atoms with Gasteiger partial charge in [-0.1, -0.05) is 0 Å². The van der Waals surface area contributed by atoms with Gasteiger partial charge in [-0.2, -0.15) is 0 Å². The van der Waals surface area contributed by atoms with Crippen LogP contribution in [0.3, 0.4) is 0 Å². The monoisotopic (exact) mass is 198 g/mol. The summed E-state index contributed by atoms with van der Waals surface area (Å²) in [7, 11) is 0. The van der Waals surface area contributed by atoms with Gasteiger partial charge in [-0.25, -0.2) is 0 Å². The van der Waals surface area contributed by atoms with Crippen molar-refractivity contribution in [1.82, 2.24) is 4.90 Å². The molecule has 82 valence electrons. The van der Waals surface area contributed by atoms with Gasteiger partial charge in [-0.15, -0.1) is 0 Å². The zero-order chi connectivity index (χ0) is 10.2. The molecule has 1 saturated carbocycles. The van der Waals surface area contributed by atoms with Crippen LogP contribution in [-0.2, 0) is 4.74 Å². The van der Waals surface area contributed by atoms with Gasteiger partial charge in [0.1, 0.15) is 0 Å². The SMILES string of the molecule is CC1(C)COCCN1CC(N)C1CC1. The Labute approximate surface area is 86.6 Å². The van der Waals surface area contributed by atoms with Crippen LogP contribution >= 0.6 is 0 Å². The lowest BCUT2D eigenvalue weighted by molar-refractivity contribution is -0.0537. The van der Waals surface area contributed by atoms with E-state index >= 15 is 0 Å². The molecule has 0 amide bonds. The first-order valence-corrected chi connectivity index (χ1v) is 5.68. The van der Waals surface area contributed by atoms with Crippen LogP contribution in [0.4, 0.5) is 0 Å². The van der Waals surface area contributed by atoms with E-state index in [4.69, 9.17) is 10.5 Å². The first kappa shape index (κ1) is 10.4. The summed E-state index contributed by atoms with van der Waals surface area (Å²) in [6.07, 6.45) is 2.68. The fraction of sp³-hybridized carbons (Fsp3) is 1.00. The summed E-state index contributed by atoms with van der Waals surface area (Å²) < 4.78 is 5.49. The Bertz CT molecular complexity index is 201. The minimum Gasteiger partial charge on any atom is -0.378 e. The lowest BCUT2D eigenvalue weighted by Gasteiger charge is -2.43. The third-order valence-electron chi connectivity index (χ3n) is 3.48. The van der Waals surface area contributed by atoms with Crippen LogP contribution in [0.2, 0.25) is 0 Å². The van der Waals surface area contributed by atoms with E-state index in [0.29, 0.717) is 6.04 Å². The molecule has 0 aromatic carbocycles. The zero-order valence-electron chi connectivity index (χ0n) is 9.33. The highest BCUT2D eigenvalue weighted by Crippen LogP contribution is 2.32. The second-order valence-electron chi connectivity index (χ2n) is 5.31. The molecule has 1 aliphatic heterocycles. The second-order valence-corrected chi connectivity index (χ2v) is 5.31. The molecular formula is C11H22N2O. The minimum atomic E-state index is 0.171. The Hall–Kier alpha value is -0.120. The van der Waals surface area contributed by atoms with Gasteiger partial charge in [-0.05, 0) is 32.6 Å². The van der Waals surface area contributed by atoms with E-state index in [0.717, 1.165) is 32.2 Å². The first-order chi connectivity index (χ1) is 6.59. The Kier molecular flexibility index (Phi) is 2.82. The first-order valence-electron chi connectivity index (χ1n) is 5.68. The van der Waals surface area contributed by atoms with Crippen LogP contribution in [-0.4, -0.2) is 42.8 Å². The van der Waals surface area contributed by atoms with Gasteiger partial charge in [0.05, 0.1) is 13.2 Å². The lowest BCUT2D eigenvalue weighted by atomic mass is 10.0. The molecule has 0 aromatic rings. The van der Waals surface area contributed by atoms with E-state index in [2.05, 4.69) is 18.7 Å². The highest BCUT2D eigenvalue weighted by Gasteiger charge is 2.35. The largest absolute Gasteiger partial charge is 0.378 e. The average molecular weight is 198 g/mol. The maximum absolute atomic E-state index is 6.15. The van der Waals surface area contributed by atoms with Crippen molar-refractivity contribution in [2.45, 2.75) is 38.3 Å². The molecule has 1 aliphatic carbocycles. The highest BCUT2D eigenvalue weighted by molar-refractivity contribution is 4.91. The third-order valence-corrected chi connectivity index (χ3v) is 3.48. The summed E-state index contributed by atoms with van der Waals surface area (Å²) in [5.41, 5.74) is 6.32. The quantitative estimate of drug-likeness (QED) is 0.730. The topological polar surface area (TPSA) is 38.5 Å². The number of nitrogens with two attached hydrogens (primary N) is 1. The second kappa shape index (κ2) is 3.80. The number of hydrogen-bond donors (Lipinski definition) is 1. The third kappa shape index (κ3) is 2.27. The van der Waals surface area contributed by atoms with Gasteiger partial charge >= 0.3 is 0 Å². The van der Waals surface area contributed by atoms with Gasteiger partial charge in [-0.3, -0.25) is 4.90 Å². The number of rotatable bonds is 3. The van der Waals surface area contributed by atoms with Crippen molar-refractivity contribution in [2.24, 2.45) is 11.7 Å². The summed E-state index contributed by atoms with van der Waals surface area (Å²) in [5, 5.41) is 0. The summed E-state index contributed by atoms with van der Waals surface area (Å²) in [6, 6.07) is 0.382. The Morgan fingerprint density at radius 2 is 2.21 bits per heavy atom. The van der Waals surface area contributed by atoms with Crippen molar-refractivity contribution >= 4 is 0 Å². The summed E-state index contributed by atoms with van der Waals surface area (Å²) in [5.74, 6) is 0.800. The predicted molar refractivity (Wildman–Crippen MR) is 57.2 cm³/mol. The molecule has 1 saturated heterocycles. The highest BCUT2D eigenvalue weighted by atomic mass is 16.5. The summed E-state index contributed by atoms with van der Waals surface area (Å²) >= 11 is 0. The summed E-state index contributed by atoms with van der Waals surface area (Å²) in [6.45, 7) is 8.26. The van der Waals surface area contributed by atoms with Crippen molar-refractivity contribution in [3.05, 3.63) is 0 Å². The normalized spacial score (nSPS) is 30.2. The van der Waals surface area contributed by atoms with Crippen molar-refractivity contribution < 1.29 is 4.74 Å². The molecule has 1 unspecified atom stereocenters. The number of ether oxygens (including phenoxy) is 1. The van der Waals surface area contributed by atoms with E-state index in [1.807, 2.05) is 0 Å². The molecule has 14 heavy (non-hydrogen) atoms. The van der Waals surface area contributed by atoms with Gasteiger partial charge < -0.3 is 10.5 Å². The molecule has 0 spiro atoms. The van der Waals surface area contributed by atoms with Crippen LogP contribution in [0.25, 0.3) is 0 Å². The van der Waals surface area contributed by atoms with Crippen LogP contribution in [0.5, 0.6) is 0 Å². The molecule has 2 rings (SSSR count). The molecule has 0 aromatic heterocycles. The molecular weight excluding hydrogens is 176 g/mol. The summed E-state index contributed by atoms with van der Waals surface area (Å²) in [4.78, 5) is 2.49. The van der Waals surface area contributed by atoms with E-state index in [-0.39, 0.29) is 5.54 Å². The number of hydrogen-bond acceptors (Lipinski definition) is 3. The standard InChI is InChI=1S/C11H22N2O/c1-11(2)8-14-6-5-13(11)7-10(12)9-3-4-9/h9-10H,3-8,12H2,1-2H3. The van der Waals surface area contributed by atoms with Crippen LogP contribution in [0.1, 0.15) is 26.7 Å². The van der Waals surface area contributed by atoms with Crippen LogP contribution < -0.4 is 5.73 Å². The molecule has 3 heteroatoms.